The van der Waals surface area contributed by atoms with E-state index in [0.29, 0.717) is 6.42 Å². The predicted octanol–water partition coefficient (Wildman–Crippen LogP) is 3.18. The highest BCUT2D eigenvalue weighted by Crippen LogP contribution is 2.32. The van der Waals surface area contributed by atoms with E-state index in [9.17, 15) is 13.2 Å². The third-order valence-electron chi connectivity index (χ3n) is 4.99. The summed E-state index contributed by atoms with van der Waals surface area (Å²) in [6, 6.07) is 8.28. The van der Waals surface area contributed by atoms with E-state index in [-0.39, 0.29) is 34.9 Å². The Morgan fingerprint density at radius 3 is 2.20 bits per heavy atom. The van der Waals surface area contributed by atoms with Crippen LogP contribution in [0.1, 0.15) is 51.2 Å². The van der Waals surface area contributed by atoms with E-state index in [0.717, 1.165) is 18.4 Å². The molecule has 2 aliphatic rings. The van der Waals surface area contributed by atoms with E-state index in [2.05, 4.69) is 32.9 Å². The van der Waals surface area contributed by atoms with Crippen LogP contribution in [0.5, 0.6) is 0 Å². The lowest BCUT2D eigenvalue weighted by Crippen LogP contribution is -2.41. The van der Waals surface area contributed by atoms with E-state index >= 15 is 0 Å². The zero-order chi connectivity index (χ0) is 18.2. The van der Waals surface area contributed by atoms with Crippen LogP contribution in [0, 0.1) is 0 Å². The van der Waals surface area contributed by atoms with Gasteiger partial charge in [-0.25, -0.2) is 8.42 Å². The number of amides is 1. The van der Waals surface area contributed by atoms with Crippen molar-refractivity contribution in [3.8, 4) is 0 Å². The molecule has 136 valence electrons. The number of carbonyl (C=O) groups is 1. The first-order valence-electron chi connectivity index (χ1n) is 8.97. The topological polar surface area (TPSA) is 54.5 Å². The third-order valence-corrected chi connectivity index (χ3v) is 6.74. The highest BCUT2D eigenvalue weighted by molar-refractivity contribution is 7.91. The zero-order valence-electron chi connectivity index (χ0n) is 15.2. The molecule has 0 aromatic heterocycles. The number of nitrogens with zero attached hydrogens (tertiary/aromatic N) is 1. The third kappa shape index (κ3) is 4.51. The van der Waals surface area contributed by atoms with Crippen LogP contribution in [0.3, 0.4) is 0 Å². The maximum atomic E-state index is 12.7. The Hall–Kier alpha value is -1.62. The van der Waals surface area contributed by atoms with Crippen molar-refractivity contribution in [3.63, 3.8) is 0 Å². The molecule has 0 N–H and O–H groups in total. The molecule has 4 nitrogen and oxygen atoms in total. The molecule has 1 aromatic rings. The van der Waals surface area contributed by atoms with Crippen molar-refractivity contribution in [2.45, 2.75) is 57.5 Å². The summed E-state index contributed by atoms with van der Waals surface area (Å²) in [5.74, 6) is 0.250. The van der Waals surface area contributed by atoms with Gasteiger partial charge in [0.05, 0.1) is 11.5 Å². The van der Waals surface area contributed by atoms with Gasteiger partial charge in [-0.05, 0) is 41.9 Å². The minimum atomic E-state index is -2.98. The minimum absolute atomic E-state index is 0.0653. The number of hydrogen-bond acceptors (Lipinski definition) is 3. The molecule has 1 saturated carbocycles. The molecular formula is C20H27NO3S. The van der Waals surface area contributed by atoms with Crippen LogP contribution in [-0.2, 0) is 20.0 Å². The summed E-state index contributed by atoms with van der Waals surface area (Å²) in [6.45, 7) is 6.51. The van der Waals surface area contributed by atoms with Gasteiger partial charge in [-0.3, -0.25) is 4.79 Å². The minimum Gasteiger partial charge on any atom is -0.332 e. The molecule has 1 amide bonds. The van der Waals surface area contributed by atoms with Gasteiger partial charge >= 0.3 is 0 Å². The molecule has 0 spiro atoms. The molecule has 3 rings (SSSR count). The average molecular weight is 362 g/mol. The Balaban J connectivity index is 1.70. The monoisotopic (exact) mass is 361 g/mol. The van der Waals surface area contributed by atoms with Gasteiger partial charge in [-0.15, -0.1) is 0 Å². The summed E-state index contributed by atoms with van der Waals surface area (Å²) in [5.41, 5.74) is 2.34. The lowest BCUT2D eigenvalue weighted by molar-refractivity contribution is -0.128. The van der Waals surface area contributed by atoms with Crippen molar-refractivity contribution in [3.05, 3.63) is 41.5 Å². The Bertz CT molecular complexity index is 768. The molecule has 1 aliphatic carbocycles. The molecule has 1 heterocycles. The quantitative estimate of drug-likeness (QED) is 0.774. The largest absolute Gasteiger partial charge is 0.332 e. The zero-order valence-corrected chi connectivity index (χ0v) is 16.1. The molecular weight excluding hydrogens is 334 g/mol. The fourth-order valence-corrected chi connectivity index (χ4v) is 5.06. The lowest BCUT2D eigenvalue weighted by atomic mass is 9.87. The molecule has 1 aliphatic heterocycles. The highest BCUT2D eigenvalue weighted by Gasteiger charge is 2.41. The van der Waals surface area contributed by atoms with E-state index in [4.69, 9.17) is 0 Å². The number of sulfone groups is 1. The summed E-state index contributed by atoms with van der Waals surface area (Å²) < 4.78 is 23.5. The second kappa shape index (κ2) is 6.60. The molecule has 0 radical (unpaired) electrons. The van der Waals surface area contributed by atoms with Crippen molar-refractivity contribution >= 4 is 21.8 Å². The van der Waals surface area contributed by atoms with Crippen LogP contribution in [-0.4, -0.2) is 42.8 Å². The van der Waals surface area contributed by atoms with Crippen molar-refractivity contribution in [2.24, 2.45) is 0 Å². The molecule has 1 atom stereocenters. The van der Waals surface area contributed by atoms with Gasteiger partial charge in [0.2, 0.25) is 5.91 Å². The number of carbonyl (C=O) groups excluding carboxylic acids is 1. The van der Waals surface area contributed by atoms with Gasteiger partial charge in [0, 0.05) is 18.2 Å². The van der Waals surface area contributed by atoms with Crippen molar-refractivity contribution in [2.75, 3.05) is 11.5 Å². The maximum absolute atomic E-state index is 12.7. The van der Waals surface area contributed by atoms with E-state index in [1.54, 1.807) is 6.08 Å². The van der Waals surface area contributed by atoms with E-state index in [1.807, 2.05) is 23.1 Å². The number of rotatable bonds is 4. The van der Waals surface area contributed by atoms with Crippen LogP contribution in [0.25, 0.3) is 6.08 Å². The molecule has 5 heteroatoms. The van der Waals surface area contributed by atoms with Gasteiger partial charge in [0.1, 0.15) is 0 Å². The second-order valence-electron chi connectivity index (χ2n) is 8.24. The summed E-state index contributed by atoms with van der Waals surface area (Å²) in [6.07, 6.45) is 5.95. The fourth-order valence-electron chi connectivity index (χ4n) is 3.35. The van der Waals surface area contributed by atoms with Crippen molar-refractivity contribution < 1.29 is 13.2 Å². The van der Waals surface area contributed by atoms with Crippen molar-refractivity contribution in [1.82, 2.24) is 4.90 Å². The van der Waals surface area contributed by atoms with Gasteiger partial charge in [-0.1, -0.05) is 45.0 Å². The Morgan fingerprint density at radius 2 is 1.72 bits per heavy atom. The lowest BCUT2D eigenvalue weighted by Gasteiger charge is -2.27. The van der Waals surface area contributed by atoms with Crippen LogP contribution in [0.4, 0.5) is 0 Å². The number of benzene rings is 1. The smallest absolute Gasteiger partial charge is 0.247 e. The number of hydrogen-bond donors (Lipinski definition) is 0. The Labute approximate surface area is 150 Å². The van der Waals surface area contributed by atoms with Gasteiger partial charge < -0.3 is 4.90 Å². The van der Waals surface area contributed by atoms with Crippen LogP contribution < -0.4 is 0 Å². The molecule has 1 aromatic carbocycles. The fraction of sp³-hybridized carbons (Fsp3) is 0.550. The summed E-state index contributed by atoms with van der Waals surface area (Å²) in [7, 11) is -2.98. The first-order valence-corrected chi connectivity index (χ1v) is 10.8. The predicted molar refractivity (Wildman–Crippen MR) is 101 cm³/mol. The van der Waals surface area contributed by atoms with Crippen molar-refractivity contribution in [1.29, 1.82) is 0 Å². The SMILES string of the molecule is CC(C)(C)c1ccc(/C=C/C(=O)N(C2CC2)C2CCS(=O)(=O)C2)cc1. The van der Waals surface area contributed by atoms with Crippen LogP contribution >= 0.6 is 0 Å². The first kappa shape index (κ1) is 18.2. The molecule has 2 fully saturated rings. The van der Waals surface area contributed by atoms with Crippen LogP contribution in [0.2, 0.25) is 0 Å². The maximum Gasteiger partial charge on any atom is 0.247 e. The van der Waals surface area contributed by atoms with E-state index < -0.39 is 9.84 Å². The normalized spacial score (nSPS) is 23.1. The molecule has 0 bridgehead atoms. The summed E-state index contributed by atoms with van der Waals surface area (Å²) in [5, 5.41) is 0. The highest BCUT2D eigenvalue weighted by atomic mass is 32.2. The molecule has 1 saturated heterocycles. The molecule has 25 heavy (non-hydrogen) atoms. The summed E-state index contributed by atoms with van der Waals surface area (Å²) >= 11 is 0. The first-order chi connectivity index (χ1) is 11.7. The van der Waals surface area contributed by atoms with Gasteiger partial charge in [0.15, 0.2) is 9.84 Å². The average Bonchev–Trinajstić information content (AvgIpc) is 3.28. The standard InChI is InChI=1S/C20H27NO3S/c1-20(2,3)16-7-4-15(5-8-16)6-11-19(22)21(17-9-10-17)18-12-13-25(23,24)14-18/h4-8,11,17-18H,9-10,12-14H2,1-3H3/b11-6+. The summed E-state index contributed by atoms with van der Waals surface area (Å²) in [4.78, 5) is 14.5. The second-order valence-corrected chi connectivity index (χ2v) is 10.5. The Morgan fingerprint density at radius 1 is 1.08 bits per heavy atom. The van der Waals surface area contributed by atoms with Crippen LogP contribution in [0.15, 0.2) is 30.3 Å². The van der Waals surface area contributed by atoms with Gasteiger partial charge in [-0.2, -0.15) is 0 Å². The Kier molecular flexibility index (Phi) is 4.80. The van der Waals surface area contributed by atoms with Gasteiger partial charge in [0.25, 0.3) is 0 Å². The molecule has 1 unspecified atom stereocenters. The van der Waals surface area contributed by atoms with E-state index in [1.165, 1.54) is 5.56 Å².